The predicted molar refractivity (Wildman–Crippen MR) is 103 cm³/mol. The second-order valence-corrected chi connectivity index (χ2v) is 6.80. The normalized spacial score (nSPS) is 11.0. The van der Waals surface area contributed by atoms with E-state index < -0.39 is 6.09 Å². The molecule has 0 atom stereocenters. The first-order chi connectivity index (χ1) is 13.0. The first kappa shape index (κ1) is 17.0. The molecular weight excluding hydrogens is 368 g/mol. The maximum absolute atomic E-state index is 12.3. The predicted octanol–water partition coefficient (Wildman–Crippen LogP) is 3.15. The van der Waals surface area contributed by atoms with Crippen LogP contribution in [-0.4, -0.2) is 33.1 Å². The number of rotatable bonds is 4. The number of anilines is 1. The standard InChI is InChI=1S/C18H14N4O4S/c1-26-11-4-2-10(3-5-11)8-22-9-12-13(21-22)6-7-14(23)16-15(12)19-17(27-16)20-18(24)25/h2-7,9H,8H2,1H3,(H,19,20)(H,24,25). The molecule has 9 heteroatoms. The molecule has 8 nitrogen and oxygen atoms in total. The van der Waals surface area contributed by atoms with Gasteiger partial charge in [-0.25, -0.2) is 9.78 Å². The van der Waals surface area contributed by atoms with Crippen LogP contribution < -0.4 is 15.5 Å². The number of aromatic nitrogens is 3. The molecule has 0 aliphatic heterocycles. The number of thiazole rings is 1. The minimum Gasteiger partial charge on any atom is -0.497 e. The van der Waals surface area contributed by atoms with Crippen LogP contribution in [-0.2, 0) is 6.54 Å². The van der Waals surface area contributed by atoms with E-state index in [1.807, 2.05) is 30.5 Å². The number of nitrogens with zero attached hydrogens (tertiary/aromatic N) is 3. The molecule has 0 aliphatic rings. The second-order valence-electron chi connectivity index (χ2n) is 5.80. The number of carbonyl (C=O) groups is 1. The van der Waals surface area contributed by atoms with Crippen molar-refractivity contribution in [1.82, 2.24) is 14.8 Å². The molecule has 4 rings (SSSR count). The van der Waals surface area contributed by atoms with Gasteiger partial charge in [0.25, 0.3) is 0 Å². The van der Waals surface area contributed by atoms with Gasteiger partial charge in [0.15, 0.2) is 10.6 Å². The van der Waals surface area contributed by atoms with Crippen LogP contribution in [0.4, 0.5) is 9.93 Å². The second kappa shape index (κ2) is 6.69. The highest BCUT2D eigenvalue weighted by Gasteiger charge is 2.13. The number of amides is 1. The van der Waals surface area contributed by atoms with Gasteiger partial charge in [0.1, 0.15) is 10.4 Å². The molecule has 0 aliphatic carbocycles. The van der Waals surface area contributed by atoms with Crippen molar-refractivity contribution in [2.75, 3.05) is 12.4 Å². The van der Waals surface area contributed by atoms with Gasteiger partial charge < -0.3 is 9.84 Å². The number of hydrogen-bond acceptors (Lipinski definition) is 6. The molecule has 0 saturated carbocycles. The number of carboxylic acid groups (broad SMARTS) is 1. The van der Waals surface area contributed by atoms with Gasteiger partial charge in [0, 0.05) is 11.6 Å². The topological polar surface area (TPSA) is 106 Å². The third kappa shape index (κ3) is 3.32. The van der Waals surface area contributed by atoms with Crippen LogP contribution in [0, 0.1) is 0 Å². The van der Waals surface area contributed by atoms with Crippen molar-refractivity contribution in [3.63, 3.8) is 0 Å². The van der Waals surface area contributed by atoms with E-state index in [2.05, 4.69) is 15.4 Å². The Kier molecular flexibility index (Phi) is 4.21. The van der Waals surface area contributed by atoms with E-state index in [4.69, 9.17) is 9.84 Å². The third-order valence-electron chi connectivity index (χ3n) is 4.01. The van der Waals surface area contributed by atoms with E-state index in [-0.39, 0.29) is 10.6 Å². The van der Waals surface area contributed by atoms with Crippen molar-refractivity contribution < 1.29 is 14.6 Å². The van der Waals surface area contributed by atoms with Gasteiger partial charge in [-0.2, -0.15) is 5.10 Å². The van der Waals surface area contributed by atoms with E-state index in [1.54, 1.807) is 17.9 Å². The number of ether oxygens (including phenoxy) is 1. The Morgan fingerprint density at radius 1 is 1.26 bits per heavy atom. The molecule has 2 aromatic heterocycles. The van der Waals surface area contributed by atoms with Crippen molar-refractivity contribution in [1.29, 1.82) is 0 Å². The molecule has 2 N–H and O–H groups in total. The Morgan fingerprint density at radius 3 is 2.74 bits per heavy atom. The molecule has 136 valence electrons. The fourth-order valence-electron chi connectivity index (χ4n) is 2.79. The Bertz CT molecular complexity index is 1210. The van der Waals surface area contributed by atoms with Crippen molar-refractivity contribution in [3.8, 4) is 5.75 Å². The highest BCUT2D eigenvalue weighted by atomic mass is 32.1. The molecule has 27 heavy (non-hydrogen) atoms. The summed E-state index contributed by atoms with van der Waals surface area (Å²) in [5.74, 6) is 0.780. The fraction of sp³-hybridized carbons (Fsp3) is 0.111. The Labute approximate surface area is 156 Å². The average Bonchev–Trinajstić information content (AvgIpc) is 3.21. The van der Waals surface area contributed by atoms with Crippen molar-refractivity contribution in [2.45, 2.75) is 6.54 Å². The maximum atomic E-state index is 12.3. The Hall–Kier alpha value is -3.46. The van der Waals surface area contributed by atoms with Gasteiger partial charge in [-0.05, 0) is 29.8 Å². The minimum absolute atomic E-state index is 0.157. The lowest BCUT2D eigenvalue weighted by molar-refractivity contribution is 0.209. The van der Waals surface area contributed by atoms with E-state index in [0.717, 1.165) is 22.6 Å². The summed E-state index contributed by atoms with van der Waals surface area (Å²) in [4.78, 5) is 27.4. The van der Waals surface area contributed by atoms with Crippen molar-refractivity contribution in [3.05, 3.63) is 58.4 Å². The molecule has 0 unspecified atom stereocenters. The maximum Gasteiger partial charge on any atom is 0.410 e. The van der Waals surface area contributed by atoms with Gasteiger partial charge in [-0.1, -0.05) is 23.5 Å². The molecule has 1 amide bonds. The minimum atomic E-state index is -1.22. The molecule has 4 aromatic rings. The summed E-state index contributed by atoms with van der Waals surface area (Å²) in [6.45, 7) is 0.540. The zero-order valence-corrected chi connectivity index (χ0v) is 15.0. The summed E-state index contributed by atoms with van der Waals surface area (Å²) in [7, 11) is 1.62. The Balaban J connectivity index is 1.79. The molecule has 2 heterocycles. The number of benzene rings is 1. The monoisotopic (exact) mass is 382 g/mol. The van der Waals surface area contributed by atoms with E-state index in [1.165, 1.54) is 6.07 Å². The van der Waals surface area contributed by atoms with Crippen LogP contribution in [0.25, 0.3) is 21.1 Å². The molecule has 0 fully saturated rings. The summed E-state index contributed by atoms with van der Waals surface area (Å²) < 4.78 is 7.31. The molecule has 0 radical (unpaired) electrons. The zero-order valence-electron chi connectivity index (χ0n) is 14.2. The number of methoxy groups -OCH3 is 1. The summed E-state index contributed by atoms with van der Waals surface area (Å²) in [5, 5.41) is 16.5. The van der Waals surface area contributed by atoms with E-state index >= 15 is 0 Å². The lowest BCUT2D eigenvalue weighted by atomic mass is 10.2. The number of fused-ring (bicyclic) bond motifs is 3. The molecule has 0 spiro atoms. The fourth-order valence-corrected chi connectivity index (χ4v) is 3.68. The highest BCUT2D eigenvalue weighted by Crippen LogP contribution is 2.28. The van der Waals surface area contributed by atoms with Gasteiger partial charge in [-0.3, -0.25) is 14.8 Å². The number of nitrogens with one attached hydrogen (secondary N) is 1. The SMILES string of the molecule is COc1ccc(Cn2cc3c(ccc(=O)c4sc(NC(=O)O)nc43)n2)cc1. The molecule has 0 saturated heterocycles. The molecule has 0 bridgehead atoms. The van der Waals surface area contributed by atoms with Crippen LogP contribution in [0.15, 0.2) is 47.4 Å². The van der Waals surface area contributed by atoms with Gasteiger partial charge >= 0.3 is 6.09 Å². The van der Waals surface area contributed by atoms with Gasteiger partial charge in [0.05, 0.1) is 24.7 Å². The quantitative estimate of drug-likeness (QED) is 0.562. The summed E-state index contributed by atoms with van der Waals surface area (Å²) in [6, 6.07) is 10.7. The zero-order chi connectivity index (χ0) is 19.0. The van der Waals surface area contributed by atoms with Crippen molar-refractivity contribution in [2.24, 2.45) is 0 Å². The molecular formula is C18H14N4O4S. The largest absolute Gasteiger partial charge is 0.497 e. The van der Waals surface area contributed by atoms with Crippen LogP contribution >= 0.6 is 11.3 Å². The summed E-state index contributed by atoms with van der Waals surface area (Å²) in [6.07, 6.45) is 0.586. The van der Waals surface area contributed by atoms with E-state index in [0.29, 0.717) is 27.7 Å². The Morgan fingerprint density at radius 2 is 2.04 bits per heavy atom. The lowest BCUT2D eigenvalue weighted by Crippen LogP contribution is -2.06. The van der Waals surface area contributed by atoms with Crippen LogP contribution in [0.5, 0.6) is 5.75 Å². The lowest BCUT2D eigenvalue weighted by Gasteiger charge is -2.03. The summed E-state index contributed by atoms with van der Waals surface area (Å²) >= 11 is 1.01. The summed E-state index contributed by atoms with van der Waals surface area (Å²) in [5.41, 5.74) is 1.87. The number of hydrogen-bond donors (Lipinski definition) is 2. The smallest absolute Gasteiger partial charge is 0.410 e. The van der Waals surface area contributed by atoms with Crippen LogP contribution in [0.3, 0.4) is 0 Å². The van der Waals surface area contributed by atoms with Crippen molar-refractivity contribution >= 4 is 43.7 Å². The van der Waals surface area contributed by atoms with Gasteiger partial charge in [0.2, 0.25) is 0 Å². The average molecular weight is 382 g/mol. The highest BCUT2D eigenvalue weighted by molar-refractivity contribution is 7.22. The third-order valence-corrected chi connectivity index (χ3v) is 4.99. The van der Waals surface area contributed by atoms with E-state index in [9.17, 15) is 9.59 Å². The molecule has 2 aromatic carbocycles. The first-order valence-corrected chi connectivity index (χ1v) is 8.79. The van der Waals surface area contributed by atoms with Gasteiger partial charge in [-0.15, -0.1) is 0 Å². The first-order valence-electron chi connectivity index (χ1n) is 7.97. The van der Waals surface area contributed by atoms with Crippen LogP contribution in [0.1, 0.15) is 5.56 Å². The van der Waals surface area contributed by atoms with Crippen LogP contribution in [0.2, 0.25) is 0 Å².